The van der Waals surface area contributed by atoms with E-state index in [4.69, 9.17) is 0 Å². The quantitative estimate of drug-likeness (QED) is 0.461. The summed E-state index contributed by atoms with van der Waals surface area (Å²) in [4.78, 5) is 27.4. The summed E-state index contributed by atoms with van der Waals surface area (Å²) in [5.74, 6) is -0.331. The van der Waals surface area contributed by atoms with Gasteiger partial charge in [0.05, 0.1) is 0 Å². The number of carbonyl (C=O) groups excluding carboxylic acids is 2. The number of hydrazine groups is 1. The molecular weight excluding hydrogens is 417 g/mol. The lowest BCUT2D eigenvalue weighted by Gasteiger charge is -2.19. The van der Waals surface area contributed by atoms with Gasteiger partial charge in [-0.05, 0) is 60.2 Å². The van der Waals surface area contributed by atoms with Crippen molar-refractivity contribution in [3.8, 4) is 11.1 Å². The van der Waals surface area contributed by atoms with Gasteiger partial charge < -0.3 is 4.90 Å². The number of hydrogen-bond donors (Lipinski definition) is 2. The minimum Gasteiger partial charge on any atom is -0.342 e. The Morgan fingerprint density at radius 2 is 1.70 bits per heavy atom. The summed E-state index contributed by atoms with van der Waals surface area (Å²) in [5.41, 5.74) is 11.3. The van der Waals surface area contributed by atoms with Crippen molar-refractivity contribution in [2.75, 3.05) is 13.6 Å². The van der Waals surface area contributed by atoms with Gasteiger partial charge in [0.2, 0.25) is 0 Å². The molecule has 0 saturated carbocycles. The number of benzene rings is 3. The third kappa shape index (κ3) is 4.19. The maximum atomic E-state index is 13.1. The van der Waals surface area contributed by atoms with Gasteiger partial charge in [-0.3, -0.25) is 20.4 Å². The van der Waals surface area contributed by atoms with Crippen molar-refractivity contribution in [2.24, 2.45) is 0 Å². The lowest BCUT2D eigenvalue weighted by molar-refractivity contribution is 0.0791. The van der Waals surface area contributed by atoms with E-state index in [0.29, 0.717) is 29.3 Å². The molecule has 0 bridgehead atoms. The predicted octanol–water partition coefficient (Wildman–Crippen LogP) is 4.50. The monoisotopic (exact) mass is 443 g/mol. The van der Waals surface area contributed by atoms with Crippen LogP contribution in [0.1, 0.15) is 57.1 Å². The van der Waals surface area contributed by atoms with Crippen LogP contribution in [0.5, 0.6) is 0 Å². The normalized spacial score (nSPS) is 18.8. The number of halogens is 1. The van der Waals surface area contributed by atoms with Crippen molar-refractivity contribution in [3.63, 3.8) is 0 Å². The van der Waals surface area contributed by atoms with E-state index < -0.39 is 0 Å². The minimum atomic E-state index is -0.230. The van der Waals surface area contributed by atoms with Crippen LogP contribution in [-0.2, 0) is 0 Å². The highest BCUT2D eigenvalue weighted by molar-refractivity contribution is 6.22. The van der Waals surface area contributed by atoms with Gasteiger partial charge in [-0.2, -0.15) is 0 Å². The first-order valence-electron chi connectivity index (χ1n) is 11.3. The molecule has 1 aliphatic carbocycles. The first kappa shape index (κ1) is 21.5. The molecule has 1 heterocycles. The van der Waals surface area contributed by atoms with E-state index in [2.05, 4.69) is 10.9 Å². The summed E-state index contributed by atoms with van der Waals surface area (Å²) in [6.07, 6.45) is 2.68. The van der Waals surface area contributed by atoms with Crippen LogP contribution in [-0.4, -0.2) is 36.2 Å². The fraction of sp³-hybridized carbons (Fsp3) is 0.259. The van der Waals surface area contributed by atoms with E-state index in [-0.39, 0.29) is 23.5 Å². The number of amides is 1. The molecule has 1 fully saturated rings. The summed E-state index contributed by atoms with van der Waals surface area (Å²) in [6, 6.07) is 20.0. The maximum absolute atomic E-state index is 13.1. The first-order chi connectivity index (χ1) is 16.0. The van der Waals surface area contributed by atoms with Gasteiger partial charge in [0, 0.05) is 42.4 Å². The van der Waals surface area contributed by atoms with Gasteiger partial charge in [-0.25, -0.2) is 4.39 Å². The second-order valence-corrected chi connectivity index (χ2v) is 8.83. The highest BCUT2D eigenvalue weighted by Crippen LogP contribution is 2.36. The fourth-order valence-corrected chi connectivity index (χ4v) is 4.78. The fourth-order valence-electron chi connectivity index (χ4n) is 4.78. The summed E-state index contributed by atoms with van der Waals surface area (Å²) in [6.45, 7) is 0.628. The van der Waals surface area contributed by atoms with Crippen molar-refractivity contribution >= 4 is 11.7 Å². The van der Waals surface area contributed by atoms with Crippen molar-refractivity contribution in [2.45, 2.75) is 31.3 Å². The molecule has 5 rings (SSSR count). The van der Waals surface area contributed by atoms with Crippen molar-refractivity contribution in [1.29, 1.82) is 0 Å². The zero-order chi connectivity index (χ0) is 22.9. The molecule has 2 unspecified atom stereocenters. The highest BCUT2D eigenvalue weighted by atomic mass is 19.1. The zero-order valence-electron chi connectivity index (χ0n) is 18.5. The van der Waals surface area contributed by atoms with E-state index in [9.17, 15) is 14.0 Å². The molecule has 0 aromatic heterocycles. The number of fused-ring (bicyclic) bond motifs is 3. The Labute approximate surface area is 192 Å². The lowest BCUT2D eigenvalue weighted by Crippen LogP contribution is -2.32. The van der Waals surface area contributed by atoms with Crippen LogP contribution in [0.2, 0.25) is 0 Å². The molecule has 2 atom stereocenters. The summed E-state index contributed by atoms with van der Waals surface area (Å²) in [7, 11) is 1.80. The van der Waals surface area contributed by atoms with Crippen molar-refractivity contribution in [3.05, 3.63) is 94.8 Å². The molecule has 1 amide bonds. The second-order valence-electron chi connectivity index (χ2n) is 8.83. The average molecular weight is 444 g/mol. The predicted molar refractivity (Wildman–Crippen MR) is 125 cm³/mol. The SMILES string of the molecule is CN(CCCC1CC(c2ccc(F)cc2)NN1)C(=O)c1ccc2c(c1)C(=O)c1ccccc1-2. The topological polar surface area (TPSA) is 61.4 Å². The Morgan fingerprint density at radius 1 is 0.970 bits per heavy atom. The van der Waals surface area contributed by atoms with Gasteiger partial charge in [0.15, 0.2) is 5.78 Å². The summed E-state index contributed by atoms with van der Waals surface area (Å²) in [5, 5.41) is 0. The summed E-state index contributed by atoms with van der Waals surface area (Å²) >= 11 is 0. The third-order valence-corrected chi connectivity index (χ3v) is 6.62. The smallest absolute Gasteiger partial charge is 0.253 e. The van der Waals surface area contributed by atoms with Crippen LogP contribution in [0.3, 0.4) is 0 Å². The number of rotatable bonds is 6. The number of carbonyl (C=O) groups is 2. The Balaban J connectivity index is 1.15. The first-order valence-corrected chi connectivity index (χ1v) is 11.3. The molecule has 33 heavy (non-hydrogen) atoms. The molecule has 3 aromatic carbocycles. The highest BCUT2D eigenvalue weighted by Gasteiger charge is 2.28. The molecule has 6 heteroatoms. The van der Waals surface area contributed by atoms with Gasteiger partial charge in [0.1, 0.15) is 5.82 Å². The molecule has 0 spiro atoms. The zero-order valence-corrected chi connectivity index (χ0v) is 18.5. The largest absolute Gasteiger partial charge is 0.342 e. The number of hydrogen-bond acceptors (Lipinski definition) is 4. The van der Waals surface area contributed by atoms with Crippen LogP contribution in [0.4, 0.5) is 4.39 Å². The van der Waals surface area contributed by atoms with E-state index in [1.807, 2.05) is 48.5 Å². The molecule has 168 valence electrons. The van der Waals surface area contributed by atoms with Crippen LogP contribution in [0.25, 0.3) is 11.1 Å². The van der Waals surface area contributed by atoms with Gasteiger partial charge in [0.25, 0.3) is 5.91 Å². The molecule has 1 saturated heterocycles. The number of nitrogens with zero attached hydrogens (tertiary/aromatic N) is 1. The van der Waals surface area contributed by atoms with Crippen LogP contribution in [0, 0.1) is 5.82 Å². The third-order valence-electron chi connectivity index (χ3n) is 6.62. The van der Waals surface area contributed by atoms with Gasteiger partial charge in [-0.15, -0.1) is 0 Å². The lowest BCUT2D eigenvalue weighted by atomic mass is 9.99. The molecule has 3 aromatic rings. The van der Waals surface area contributed by atoms with E-state index >= 15 is 0 Å². The van der Waals surface area contributed by atoms with Crippen LogP contribution in [0.15, 0.2) is 66.7 Å². The van der Waals surface area contributed by atoms with Gasteiger partial charge >= 0.3 is 0 Å². The number of ketones is 1. The molecule has 2 aliphatic rings. The summed E-state index contributed by atoms with van der Waals surface area (Å²) < 4.78 is 13.1. The standard InChI is InChI=1S/C27H26FN3O2/c1-31(14-4-5-20-16-25(30-29-20)17-8-11-19(28)12-9-17)27(33)18-10-13-22-21-6-2-3-7-23(21)26(32)24(22)15-18/h2-3,6-13,15,20,25,29-30H,4-5,14,16H2,1H3. The molecule has 0 radical (unpaired) electrons. The molecule has 5 nitrogen and oxygen atoms in total. The number of nitrogens with one attached hydrogen (secondary N) is 2. The Hall–Kier alpha value is -3.35. The molecule has 2 N–H and O–H groups in total. The average Bonchev–Trinajstić information content (AvgIpc) is 3.42. The Morgan fingerprint density at radius 3 is 2.48 bits per heavy atom. The molecular formula is C27H26FN3O2. The molecule has 1 aliphatic heterocycles. The van der Waals surface area contributed by atoms with Crippen molar-refractivity contribution in [1.82, 2.24) is 15.8 Å². The van der Waals surface area contributed by atoms with E-state index in [1.54, 1.807) is 18.0 Å². The maximum Gasteiger partial charge on any atom is 0.253 e. The minimum absolute atomic E-state index is 0.0200. The Bertz CT molecular complexity index is 1210. The van der Waals surface area contributed by atoms with Gasteiger partial charge in [-0.1, -0.05) is 42.5 Å². The van der Waals surface area contributed by atoms with Crippen LogP contribution >= 0.6 is 0 Å². The van der Waals surface area contributed by atoms with E-state index in [1.165, 1.54) is 12.1 Å². The van der Waals surface area contributed by atoms with E-state index in [0.717, 1.165) is 36.0 Å². The second kappa shape index (κ2) is 8.89. The van der Waals surface area contributed by atoms with Crippen LogP contribution < -0.4 is 10.9 Å². The van der Waals surface area contributed by atoms with Crippen molar-refractivity contribution < 1.29 is 14.0 Å². The Kier molecular flexibility index (Phi) is 5.79.